The van der Waals surface area contributed by atoms with Crippen molar-refractivity contribution in [3.8, 4) is 34.1 Å². The van der Waals surface area contributed by atoms with Gasteiger partial charge in [-0.15, -0.1) is 0 Å². The second kappa shape index (κ2) is 29.2. The molecule has 0 spiro atoms. The third-order valence-corrected chi connectivity index (χ3v) is 32.3. The summed E-state index contributed by atoms with van der Waals surface area (Å²) in [7, 11) is 0. The second-order valence-electron chi connectivity index (χ2n) is 40.9. The number of nitrogens with zero attached hydrogens (tertiary/aromatic N) is 8. The van der Waals surface area contributed by atoms with Crippen LogP contribution in [-0.4, -0.2) is 31.8 Å². The molecule has 0 bridgehead atoms. The summed E-state index contributed by atoms with van der Waals surface area (Å²) in [6.45, 7) is 19.0. The van der Waals surface area contributed by atoms with Gasteiger partial charge in [0.25, 0.3) is 0 Å². The van der Waals surface area contributed by atoms with Crippen LogP contribution in [0.15, 0.2) is 437 Å². The highest BCUT2D eigenvalue weighted by Gasteiger charge is 2.43. The van der Waals surface area contributed by atoms with Gasteiger partial charge in [-0.05, 0) is 190 Å². The average Bonchev–Trinajstić information content (AvgIpc) is 1.48. The van der Waals surface area contributed by atoms with Gasteiger partial charge in [-0.3, -0.25) is 0 Å². The molecule has 28 aromatic rings. The number of rotatable bonds is 4. The fraction of sp³-hybridized carbons (Fsp3) is 0.0909. The molecule has 0 unspecified atom stereocenters. The lowest BCUT2D eigenvalue weighted by Crippen LogP contribution is -2.30. The van der Waals surface area contributed by atoms with Crippen LogP contribution in [0.4, 0.5) is 17.1 Å². The number of hydrogen-bond donors (Lipinski definition) is 0. The molecular weight excluding hydrogens is 1700 g/mol. The average molecular weight is 1790 g/mol. The molecule has 20 aromatic carbocycles. The zero-order chi connectivity index (χ0) is 93.2. The van der Waals surface area contributed by atoms with Gasteiger partial charge in [0.2, 0.25) is 0 Å². The van der Waals surface area contributed by atoms with Crippen LogP contribution >= 0.6 is 0 Å². The summed E-state index contributed by atoms with van der Waals surface area (Å²) in [6.07, 6.45) is 0. The Labute approximate surface area is 809 Å². The summed E-state index contributed by atoms with van der Waals surface area (Å²) < 4.78 is 17.3. The van der Waals surface area contributed by atoms with Gasteiger partial charge in [-0.1, -0.05) is 347 Å². The first-order chi connectivity index (χ1) is 68.6. The van der Waals surface area contributed by atoms with Gasteiger partial charge in [0.05, 0.1) is 111 Å². The van der Waals surface area contributed by atoms with Crippen LogP contribution in [0.25, 0.3) is 203 Å². The van der Waals surface area contributed by atoms with Crippen LogP contribution in [-0.2, 0) is 21.7 Å². The lowest BCUT2D eigenvalue weighted by atomic mass is 9.73. The molecule has 0 radical (unpaired) electrons. The third-order valence-electron chi connectivity index (χ3n) is 32.3. The number of hydrogen-bond acceptors (Lipinski definition) is 1. The maximum atomic E-state index is 2.53. The van der Waals surface area contributed by atoms with Gasteiger partial charge in [-0.25, -0.2) is 0 Å². The Balaban J connectivity index is 0.0000000897. The predicted octanol–water partition coefficient (Wildman–Crippen LogP) is 34.5. The first-order valence-electron chi connectivity index (χ1n) is 49.2. The van der Waals surface area contributed by atoms with E-state index in [0.29, 0.717) is 0 Å². The molecular formula is C132H96N8. The fourth-order valence-electron chi connectivity index (χ4n) is 26.1. The minimum atomic E-state index is -0.130. The highest BCUT2D eigenvalue weighted by Crippen LogP contribution is 2.59. The van der Waals surface area contributed by atoms with E-state index in [-0.39, 0.29) is 21.7 Å². The smallest absolute Gasteiger partial charge is 0.0620 e. The van der Waals surface area contributed by atoms with Gasteiger partial charge in [-0.2, -0.15) is 0 Å². The monoisotopic (exact) mass is 1790 g/mol. The maximum absolute atomic E-state index is 2.53. The minimum absolute atomic E-state index is 0.0579. The van der Waals surface area contributed by atoms with E-state index >= 15 is 0 Å². The molecule has 12 heterocycles. The van der Waals surface area contributed by atoms with Crippen LogP contribution in [0, 0.1) is 0 Å². The Morgan fingerprint density at radius 1 is 0.143 bits per heavy atom. The Bertz CT molecular complexity index is 10100. The summed E-state index contributed by atoms with van der Waals surface area (Å²) in [5.41, 5.74) is 41.1. The zero-order valence-electron chi connectivity index (χ0n) is 79.1. The molecule has 0 saturated heterocycles. The standard InChI is InChI=1S/C36H30N2.2C33H24N2.C30H18N2/c1-35(2)27-17-9-11-20-31(27)38-32-22-33-29(21-25(32)24-15-12-18-28(35)34(24)38)36(3,4)26-16-8-10-19-30(26)37(33)23-13-6-5-7-14-23;1-33(2)24-16-8-11-19-28(24)35-27-18-10-7-15-23(27)31-30-22-14-6-9-17-26(22)34(21-12-4-3-5-13-21)29(30)20-25(33)32(31)35;1-33(2)24-15-7-9-18-27(24)35-29-20-19-28-30(31(29)23-14-10-16-25(33)32(23)35)22-13-6-8-17-26(22)34(28)21-11-4-3-5-12-21;1-2-9-19(10-3-1)31-25-16-7-5-12-22(25)28-26(31)17-18-27-29(28)23-14-8-13-21-20-11-4-6-15-24(20)32(27)30(21)23/h5-22H,1-4H3;2*3-20H,1-2H3;1-18H. The molecule has 8 heteroatoms. The van der Waals surface area contributed by atoms with Gasteiger partial charge < -0.3 is 36.7 Å². The number of benzene rings is 20. The quantitative estimate of drug-likeness (QED) is 0.173. The van der Waals surface area contributed by atoms with E-state index < -0.39 is 0 Å². The summed E-state index contributed by atoms with van der Waals surface area (Å²) in [5.74, 6) is 0. The first kappa shape index (κ1) is 80.1. The summed E-state index contributed by atoms with van der Waals surface area (Å²) in [4.78, 5) is 2.46. The zero-order valence-corrected chi connectivity index (χ0v) is 79.1. The number of para-hydroxylation sites is 16. The number of anilines is 3. The Kier molecular flexibility index (Phi) is 16.7. The van der Waals surface area contributed by atoms with Gasteiger partial charge in [0, 0.05) is 131 Å². The van der Waals surface area contributed by atoms with Crippen LogP contribution in [0.2, 0.25) is 0 Å². The van der Waals surface area contributed by atoms with Crippen LogP contribution in [0.1, 0.15) is 99.9 Å². The van der Waals surface area contributed by atoms with Crippen molar-refractivity contribution < 1.29 is 0 Å². The van der Waals surface area contributed by atoms with Crippen molar-refractivity contribution >= 4 is 186 Å². The Morgan fingerprint density at radius 3 is 0.943 bits per heavy atom. The largest absolute Gasteiger partial charge is 0.310 e. The van der Waals surface area contributed by atoms with E-state index in [1.165, 1.54) is 265 Å². The van der Waals surface area contributed by atoms with Crippen molar-refractivity contribution in [1.29, 1.82) is 0 Å². The molecule has 0 fully saturated rings. The molecule has 0 atom stereocenters. The number of aromatic nitrogens is 7. The molecule has 8 aromatic heterocycles. The van der Waals surface area contributed by atoms with Gasteiger partial charge in [0.1, 0.15) is 0 Å². The number of fused-ring (bicyclic) bond motifs is 35. The van der Waals surface area contributed by atoms with E-state index in [4.69, 9.17) is 0 Å². The Hall–Kier alpha value is -17.2. The third kappa shape index (κ3) is 10.7. The van der Waals surface area contributed by atoms with Crippen molar-refractivity contribution in [2.24, 2.45) is 0 Å². The van der Waals surface area contributed by atoms with Crippen molar-refractivity contribution in [3.05, 3.63) is 481 Å². The lowest BCUT2D eigenvalue weighted by molar-refractivity contribution is 0.629. The molecule has 0 N–H and O–H groups in total. The SMILES string of the molecule is CC1(C)c2ccccc2-n2c3ccc4c(c5ccccc5n4-c4ccccc4)c3c3cccc1c32.CC1(C)c2ccccc2-n2c3ccccc3c3c4c5ccccc5n(-c5ccccc5)c4cc1c32.CC1(C)c2ccccc2N(c2ccccc2)c2cc3c(cc21)c1cccc2c1n3-c1ccccc1C2(C)C.c1ccc(-n2c3ccccc3c3c4c5cccc6c7ccccc7n(c4ccc32)c65)cc1. The van der Waals surface area contributed by atoms with Crippen LogP contribution in [0.5, 0.6) is 0 Å². The molecule has 0 aliphatic carbocycles. The Morgan fingerprint density at radius 2 is 0.443 bits per heavy atom. The van der Waals surface area contributed by atoms with E-state index in [1.807, 2.05) is 0 Å². The molecule has 8 nitrogen and oxygen atoms in total. The topological polar surface area (TPSA) is 37.2 Å². The van der Waals surface area contributed by atoms with Crippen molar-refractivity contribution in [2.45, 2.75) is 77.0 Å². The van der Waals surface area contributed by atoms with Crippen molar-refractivity contribution in [2.75, 3.05) is 4.90 Å². The molecule has 0 amide bonds. The van der Waals surface area contributed by atoms with E-state index in [0.717, 1.165) is 0 Å². The molecule has 0 saturated carbocycles. The van der Waals surface area contributed by atoms with Crippen molar-refractivity contribution in [3.63, 3.8) is 0 Å². The molecule has 4 aliphatic heterocycles. The highest BCUT2D eigenvalue weighted by atomic mass is 15.2. The minimum Gasteiger partial charge on any atom is -0.310 e. The summed E-state index contributed by atoms with van der Waals surface area (Å²) >= 11 is 0. The van der Waals surface area contributed by atoms with Gasteiger partial charge in [0.15, 0.2) is 0 Å². The molecule has 4 aliphatic rings. The normalized spacial score (nSPS) is 14.4. The fourth-order valence-corrected chi connectivity index (χ4v) is 26.1. The predicted molar refractivity (Wildman–Crippen MR) is 590 cm³/mol. The summed E-state index contributed by atoms with van der Waals surface area (Å²) in [6, 6.07) is 160. The van der Waals surface area contributed by atoms with E-state index in [1.54, 1.807) is 0 Å². The second-order valence-corrected chi connectivity index (χ2v) is 40.9. The van der Waals surface area contributed by atoms with Gasteiger partial charge >= 0.3 is 0 Å². The molecule has 140 heavy (non-hydrogen) atoms. The maximum Gasteiger partial charge on any atom is 0.0620 e. The van der Waals surface area contributed by atoms with E-state index in [2.05, 4.69) is 529 Å². The molecule has 32 rings (SSSR count). The molecule has 664 valence electrons. The highest BCUT2D eigenvalue weighted by molar-refractivity contribution is 6.35. The van der Waals surface area contributed by atoms with Crippen LogP contribution < -0.4 is 4.90 Å². The first-order valence-corrected chi connectivity index (χ1v) is 49.2. The van der Waals surface area contributed by atoms with Crippen LogP contribution in [0.3, 0.4) is 0 Å². The lowest BCUT2D eigenvalue weighted by Gasteiger charge is -2.42. The van der Waals surface area contributed by atoms with Crippen molar-refractivity contribution in [1.82, 2.24) is 31.8 Å². The summed E-state index contributed by atoms with van der Waals surface area (Å²) in [5, 5.41) is 21.3. The van der Waals surface area contributed by atoms with E-state index in [9.17, 15) is 0 Å².